The van der Waals surface area contributed by atoms with Crippen LogP contribution >= 0.6 is 0 Å². The fourth-order valence-electron chi connectivity index (χ4n) is 2.17. The highest BCUT2D eigenvalue weighted by Gasteiger charge is 2.28. The molecule has 5 heteroatoms. The van der Waals surface area contributed by atoms with E-state index in [1.165, 1.54) is 0 Å². The molecule has 0 aromatic rings. The molecule has 1 rings (SSSR count). The van der Waals surface area contributed by atoms with Gasteiger partial charge >= 0.3 is 0 Å². The third kappa shape index (κ3) is 4.23. The van der Waals surface area contributed by atoms with Crippen LogP contribution in [0.1, 0.15) is 33.1 Å². The maximum Gasteiger partial charge on any atom is 0.239 e. The van der Waals surface area contributed by atoms with Gasteiger partial charge in [-0.25, -0.2) is 0 Å². The van der Waals surface area contributed by atoms with Gasteiger partial charge in [0, 0.05) is 13.1 Å². The summed E-state index contributed by atoms with van der Waals surface area (Å²) in [6, 6.07) is -0.384. The first-order valence-corrected chi connectivity index (χ1v) is 6.87. The van der Waals surface area contributed by atoms with E-state index in [2.05, 4.69) is 0 Å². The number of hydrogen-bond donors (Lipinski definition) is 2. The summed E-state index contributed by atoms with van der Waals surface area (Å²) in [6.07, 6.45) is 2.75. The minimum Gasteiger partial charge on any atom is -0.394 e. The van der Waals surface area contributed by atoms with Crippen LogP contribution in [0.4, 0.5) is 0 Å². The van der Waals surface area contributed by atoms with Crippen LogP contribution in [0.25, 0.3) is 0 Å². The number of ether oxygens (including phenoxy) is 1. The molecule has 1 unspecified atom stereocenters. The third-order valence-corrected chi connectivity index (χ3v) is 3.74. The van der Waals surface area contributed by atoms with Gasteiger partial charge in [0.1, 0.15) is 0 Å². The van der Waals surface area contributed by atoms with Gasteiger partial charge < -0.3 is 20.5 Å². The van der Waals surface area contributed by atoms with E-state index in [0.717, 1.165) is 19.3 Å². The van der Waals surface area contributed by atoms with E-state index in [1.54, 1.807) is 0 Å². The van der Waals surface area contributed by atoms with Crippen molar-refractivity contribution < 1.29 is 14.6 Å². The Morgan fingerprint density at radius 3 is 2.61 bits per heavy atom. The van der Waals surface area contributed by atoms with Gasteiger partial charge in [0.2, 0.25) is 5.91 Å². The highest BCUT2D eigenvalue weighted by molar-refractivity contribution is 5.82. The van der Waals surface area contributed by atoms with Gasteiger partial charge in [0.15, 0.2) is 0 Å². The first-order valence-electron chi connectivity index (χ1n) is 6.87. The first kappa shape index (κ1) is 15.4. The van der Waals surface area contributed by atoms with Crippen molar-refractivity contribution in [3.63, 3.8) is 0 Å². The number of carbonyl (C=O) groups excluding carboxylic acids is 1. The standard InChI is InChI=1S/C13H26N2O3/c1-3-10(2)12(14)13(17)15-6-4-11(5-7-15)18-9-8-16/h10-12,16H,3-9,14H2,1-2H3/t10?,12-/m0/s1. The molecule has 5 nitrogen and oxygen atoms in total. The van der Waals surface area contributed by atoms with Crippen molar-refractivity contribution in [3.8, 4) is 0 Å². The van der Waals surface area contributed by atoms with Gasteiger partial charge in [-0.3, -0.25) is 4.79 Å². The summed E-state index contributed by atoms with van der Waals surface area (Å²) < 4.78 is 5.47. The first-order chi connectivity index (χ1) is 8.60. The molecule has 1 fully saturated rings. The molecular formula is C13H26N2O3. The van der Waals surface area contributed by atoms with Gasteiger partial charge in [-0.15, -0.1) is 0 Å². The van der Waals surface area contributed by atoms with Crippen LogP contribution < -0.4 is 5.73 Å². The summed E-state index contributed by atoms with van der Waals surface area (Å²) in [5.74, 6) is 0.283. The summed E-state index contributed by atoms with van der Waals surface area (Å²) in [5.41, 5.74) is 5.96. The summed E-state index contributed by atoms with van der Waals surface area (Å²) >= 11 is 0. The fraction of sp³-hybridized carbons (Fsp3) is 0.923. The molecule has 106 valence electrons. The quantitative estimate of drug-likeness (QED) is 0.721. The zero-order valence-electron chi connectivity index (χ0n) is 11.5. The lowest BCUT2D eigenvalue weighted by atomic mass is 9.97. The fourth-order valence-corrected chi connectivity index (χ4v) is 2.17. The summed E-state index contributed by atoms with van der Waals surface area (Å²) in [7, 11) is 0. The second-order valence-electron chi connectivity index (χ2n) is 5.03. The smallest absolute Gasteiger partial charge is 0.239 e. The maximum absolute atomic E-state index is 12.1. The molecule has 1 aliphatic heterocycles. The van der Waals surface area contributed by atoms with E-state index < -0.39 is 0 Å². The maximum atomic E-state index is 12.1. The van der Waals surface area contributed by atoms with Crippen LogP contribution in [0.5, 0.6) is 0 Å². The molecule has 0 aromatic carbocycles. The molecule has 1 heterocycles. The van der Waals surface area contributed by atoms with E-state index in [0.29, 0.717) is 19.7 Å². The molecule has 3 N–H and O–H groups in total. The molecule has 1 saturated heterocycles. The number of nitrogens with zero attached hydrogens (tertiary/aromatic N) is 1. The van der Waals surface area contributed by atoms with E-state index in [-0.39, 0.29) is 30.6 Å². The van der Waals surface area contributed by atoms with Crippen LogP contribution in [0, 0.1) is 5.92 Å². The van der Waals surface area contributed by atoms with Gasteiger partial charge in [0.05, 0.1) is 25.4 Å². The summed E-state index contributed by atoms with van der Waals surface area (Å²) in [5, 5.41) is 8.69. The van der Waals surface area contributed by atoms with Gasteiger partial charge in [0.25, 0.3) is 0 Å². The number of rotatable bonds is 6. The van der Waals surface area contributed by atoms with Crippen molar-refractivity contribution >= 4 is 5.91 Å². The second kappa shape index (κ2) is 7.71. The van der Waals surface area contributed by atoms with Crippen molar-refractivity contribution in [2.75, 3.05) is 26.3 Å². The van der Waals surface area contributed by atoms with Gasteiger partial charge in [-0.1, -0.05) is 20.3 Å². The average molecular weight is 258 g/mol. The molecule has 0 radical (unpaired) electrons. The number of nitrogens with two attached hydrogens (primary N) is 1. The molecular weight excluding hydrogens is 232 g/mol. The lowest BCUT2D eigenvalue weighted by Gasteiger charge is -2.34. The van der Waals surface area contributed by atoms with Crippen molar-refractivity contribution in [1.29, 1.82) is 0 Å². The van der Waals surface area contributed by atoms with Crippen molar-refractivity contribution in [2.45, 2.75) is 45.3 Å². The number of aliphatic hydroxyl groups is 1. The Bertz CT molecular complexity index is 253. The normalized spacial score (nSPS) is 20.8. The van der Waals surface area contributed by atoms with Crippen molar-refractivity contribution in [3.05, 3.63) is 0 Å². The molecule has 1 aliphatic rings. The largest absolute Gasteiger partial charge is 0.394 e. The number of carbonyl (C=O) groups is 1. The molecule has 0 aromatic heterocycles. The van der Waals surface area contributed by atoms with Crippen LogP contribution in [-0.2, 0) is 9.53 Å². The Hall–Kier alpha value is -0.650. The molecule has 0 bridgehead atoms. The highest BCUT2D eigenvalue weighted by Crippen LogP contribution is 2.16. The summed E-state index contributed by atoms with van der Waals surface area (Å²) in [6.45, 7) is 5.91. The van der Waals surface area contributed by atoms with Crippen LogP contribution in [0.3, 0.4) is 0 Å². The third-order valence-electron chi connectivity index (χ3n) is 3.74. The predicted octanol–water partition coefficient (Wildman–Crippen LogP) is 0.360. The van der Waals surface area contributed by atoms with E-state index in [4.69, 9.17) is 15.6 Å². The number of aliphatic hydroxyl groups excluding tert-OH is 1. The lowest BCUT2D eigenvalue weighted by molar-refractivity contribution is -0.136. The lowest BCUT2D eigenvalue weighted by Crippen LogP contribution is -2.50. The zero-order chi connectivity index (χ0) is 13.5. The van der Waals surface area contributed by atoms with Crippen LogP contribution in [-0.4, -0.2) is 54.4 Å². The Morgan fingerprint density at radius 2 is 2.11 bits per heavy atom. The average Bonchev–Trinajstić information content (AvgIpc) is 2.43. The Morgan fingerprint density at radius 1 is 1.50 bits per heavy atom. The van der Waals surface area contributed by atoms with Crippen molar-refractivity contribution in [2.24, 2.45) is 11.7 Å². The predicted molar refractivity (Wildman–Crippen MR) is 70.1 cm³/mol. The SMILES string of the molecule is CCC(C)[C@H](N)C(=O)N1CCC(OCCO)CC1. The molecule has 2 atom stereocenters. The Kier molecular flexibility index (Phi) is 6.60. The molecule has 1 amide bonds. The van der Waals surface area contributed by atoms with Crippen LogP contribution in [0.15, 0.2) is 0 Å². The second-order valence-corrected chi connectivity index (χ2v) is 5.03. The Labute approximate surface area is 109 Å². The van der Waals surface area contributed by atoms with E-state index in [1.807, 2.05) is 18.7 Å². The minimum absolute atomic E-state index is 0.0536. The monoisotopic (exact) mass is 258 g/mol. The van der Waals surface area contributed by atoms with E-state index >= 15 is 0 Å². The van der Waals surface area contributed by atoms with Crippen molar-refractivity contribution in [1.82, 2.24) is 4.90 Å². The zero-order valence-corrected chi connectivity index (χ0v) is 11.5. The Balaban J connectivity index is 2.35. The minimum atomic E-state index is -0.384. The molecule has 0 aliphatic carbocycles. The van der Waals surface area contributed by atoms with Gasteiger partial charge in [-0.2, -0.15) is 0 Å². The number of amides is 1. The van der Waals surface area contributed by atoms with Crippen LogP contribution in [0.2, 0.25) is 0 Å². The molecule has 0 saturated carbocycles. The van der Waals surface area contributed by atoms with Gasteiger partial charge in [-0.05, 0) is 18.8 Å². The van der Waals surface area contributed by atoms with E-state index in [9.17, 15) is 4.79 Å². The topological polar surface area (TPSA) is 75.8 Å². The summed E-state index contributed by atoms with van der Waals surface area (Å²) in [4.78, 5) is 14.0. The number of hydrogen-bond acceptors (Lipinski definition) is 4. The number of piperidine rings is 1. The molecule has 18 heavy (non-hydrogen) atoms. The highest BCUT2D eigenvalue weighted by atomic mass is 16.5. The number of likely N-dealkylation sites (tertiary alicyclic amines) is 1. The molecule has 0 spiro atoms.